The molecule has 37 heteroatoms. The molecule has 0 fully saturated rings. The van der Waals surface area contributed by atoms with Crippen molar-refractivity contribution in [2.24, 2.45) is 0 Å². The molecule has 29 nitrogen and oxygen atoms in total. The number of rotatable bonds is 25. The molecule has 0 bridgehead atoms. The Morgan fingerprint density at radius 2 is 0.639 bits per heavy atom. The summed E-state index contributed by atoms with van der Waals surface area (Å²) in [6.07, 6.45) is 9.80. The third-order valence-corrected chi connectivity index (χ3v) is 24.6. The summed E-state index contributed by atoms with van der Waals surface area (Å²) in [4.78, 5) is 76.6. The summed E-state index contributed by atoms with van der Waals surface area (Å²) in [7, 11) is -20.1. The van der Waals surface area contributed by atoms with Crippen LogP contribution < -0.4 is 0 Å². The number of benzene rings is 7. The molecule has 1 aliphatic rings. The topological polar surface area (TPSA) is 440 Å². The number of carbonyl (C=O) groups is 7. The van der Waals surface area contributed by atoms with Crippen LogP contribution in [0.5, 0.6) is 0 Å². The average molecular weight is 1800 g/mol. The second-order valence-electron chi connectivity index (χ2n) is 23.7. The molecule has 0 spiro atoms. The molecule has 0 saturated heterocycles. The van der Waals surface area contributed by atoms with Crippen LogP contribution in [0.15, 0.2) is 303 Å². The van der Waals surface area contributed by atoms with E-state index < -0.39 is 114 Å². The third kappa shape index (κ3) is 44.0. The molecule has 0 amide bonds. The second kappa shape index (κ2) is 51.6. The highest BCUT2D eigenvalue weighted by Gasteiger charge is 2.17. The zero-order chi connectivity index (χ0) is 90.4. The van der Waals surface area contributed by atoms with Crippen molar-refractivity contribution in [2.75, 3.05) is 60.8 Å². The van der Waals surface area contributed by atoms with Gasteiger partial charge in [0, 0.05) is 92.7 Å². The minimum absolute atomic E-state index is 0.0342. The van der Waals surface area contributed by atoms with Crippen LogP contribution in [0.25, 0.3) is 10.8 Å². The zero-order valence-corrected chi connectivity index (χ0v) is 73.3. The molecule has 1 heterocycles. The molecular weight excluding hydrogens is 1710 g/mol. The van der Waals surface area contributed by atoms with Gasteiger partial charge in [-0.2, -0.15) is 0 Å². The van der Waals surface area contributed by atoms with Crippen molar-refractivity contribution in [1.82, 2.24) is 0 Å². The fourth-order valence-electron chi connectivity index (χ4n) is 7.80. The Morgan fingerprint density at radius 3 is 0.924 bits per heavy atom. The Hall–Kier alpha value is -11.6. The minimum atomic E-state index is -3.64. The maximum atomic E-state index is 12.0. The summed E-state index contributed by atoms with van der Waals surface area (Å²) in [6.45, 7) is 14.3. The first kappa shape index (κ1) is 105. The monoisotopic (exact) mass is 1800 g/mol. The Morgan fingerprint density at radius 1 is 0.370 bits per heavy atom. The van der Waals surface area contributed by atoms with Crippen LogP contribution in [0.1, 0.15) is 43.0 Å². The predicted octanol–water partition coefficient (Wildman–Crippen LogP) is 10.8. The Kier molecular flexibility index (Phi) is 45.7. The van der Waals surface area contributed by atoms with E-state index in [9.17, 15) is 96.7 Å². The maximum absolute atomic E-state index is 12.0. The van der Waals surface area contributed by atoms with Gasteiger partial charge in [-0.1, -0.05) is 126 Å². The number of aryl methyl sites for hydroxylation is 3. The largest absolute Gasteiger partial charge is 0.497 e. The van der Waals surface area contributed by atoms with Gasteiger partial charge in [-0.25, -0.2) is 87.7 Å². The summed E-state index contributed by atoms with van der Waals surface area (Å²) in [6, 6.07) is 45.5. The Labute approximate surface area is 695 Å². The van der Waals surface area contributed by atoms with Crippen LogP contribution in [-0.2, 0) is 152 Å². The summed E-state index contributed by atoms with van der Waals surface area (Å²) >= 11 is 0. The van der Waals surface area contributed by atoms with E-state index >= 15 is 0 Å². The van der Waals surface area contributed by atoms with Gasteiger partial charge < -0.3 is 33.2 Å². The first-order valence-electron chi connectivity index (χ1n) is 34.2. The van der Waals surface area contributed by atoms with E-state index in [4.69, 9.17) is 4.74 Å². The van der Waals surface area contributed by atoms with Gasteiger partial charge >= 0.3 is 35.8 Å². The smallest absolute Gasteiger partial charge is 0.331 e. The molecule has 0 radical (unpaired) electrons. The summed E-state index contributed by atoms with van der Waals surface area (Å²) < 4.78 is 204. The van der Waals surface area contributed by atoms with E-state index in [2.05, 4.69) is 40.9 Å². The number of ether oxygens (including phenoxy) is 7. The molecule has 0 aliphatic carbocycles. The highest BCUT2D eigenvalue weighted by Crippen LogP contribution is 2.22. The van der Waals surface area contributed by atoms with Crippen LogP contribution in [0, 0.1) is 20.8 Å². The second-order valence-corrected chi connectivity index (χ2v) is 39.0. The number of carbonyl (C=O) groups excluding carboxylic acids is 7. The molecule has 7 aromatic carbocycles. The number of fused-ring (bicyclic) bond motifs is 1. The summed E-state index contributed by atoms with van der Waals surface area (Å²) in [5, 5.41) is 9.50. The number of hydrogen-bond acceptors (Lipinski definition) is 29. The van der Waals surface area contributed by atoms with Crippen LogP contribution in [0.2, 0.25) is 0 Å². The lowest BCUT2D eigenvalue weighted by atomic mass is 10.1. The van der Waals surface area contributed by atoms with E-state index in [-0.39, 0.29) is 54.1 Å². The zero-order valence-electron chi connectivity index (χ0n) is 66.8. The molecule has 1 unspecified atom stereocenters. The Bertz CT molecular complexity index is 5750. The molecule has 0 saturated carbocycles. The fourth-order valence-corrected chi connectivity index (χ4v) is 14.6. The van der Waals surface area contributed by atoms with E-state index in [0.717, 1.165) is 114 Å². The molecule has 642 valence electrons. The molecular formula is C82H92O29S8. The van der Waals surface area contributed by atoms with Crippen LogP contribution in [0.3, 0.4) is 0 Å². The van der Waals surface area contributed by atoms with E-state index in [0.29, 0.717) is 12.2 Å². The number of hydrogen-bond donors (Lipinski definition) is 0. The van der Waals surface area contributed by atoms with Crippen LogP contribution in [0.4, 0.5) is 0 Å². The first-order chi connectivity index (χ1) is 55.5. The minimum Gasteiger partial charge on any atom is -0.497 e. The molecule has 1 aliphatic heterocycles. The molecule has 119 heavy (non-hydrogen) atoms. The lowest BCUT2D eigenvalue weighted by molar-refractivity contribution is -0.138. The van der Waals surface area contributed by atoms with Gasteiger partial charge in [0.1, 0.15) is 11.5 Å². The number of ketones is 1. The highest BCUT2D eigenvalue weighted by atomic mass is 32.2. The van der Waals surface area contributed by atoms with Gasteiger partial charge in [-0.05, 0) is 158 Å². The summed E-state index contributed by atoms with van der Waals surface area (Å²) in [5.74, 6) is 0.294. The summed E-state index contributed by atoms with van der Waals surface area (Å²) in [5.41, 5.74) is 3.70. The fraction of sp³-hybridized carbons (Fsp3) is 0.195. The molecule has 8 rings (SSSR count). The number of Topliss-reactive ketones (excluding diaryl/α,β-unsaturated/α-hetero) is 1. The quantitative estimate of drug-likeness (QED) is 0.0128. The normalized spacial score (nSPS) is 13.2. The van der Waals surface area contributed by atoms with Crippen LogP contribution in [-0.4, -0.2) is 171 Å². The van der Waals surface area contributed by atoms with E-state index in [1.165, 1.54) is 115 Å². The average Bonchev–Trinajstić information content (AvgIpc) is 0.827. The number of esters is 6. The SMILES string of the molecule is C=C(/C=C/S(=O)(=O)c1ccc(CC(C)=O)cc1)OC.C=S1(=O)C=CC1.CCOC(=O)/C=C/S(=O)(=O)c1ccc(C)cc1.CCOC(=O)/C=C/S(=O)(=O)c1ccccc1.COC(=O)/C=C/S(=O)(=O)c1ccc(C)cc1.COC(=O)/C=C/S(=O)(=O)c1ccc2ccccc2c1.COC(=O)/C=C/S(C)(=O)=O.COC(=O)/C=C\S(=O)(=O)c1ccc(C)cc1. The van der Waals surface area contributed by atoms with Crippen molar-refractivity contribution in [1.29, 1.82) is 0 Å². The van der Waals surface area contributed by atoms with Crippen molar-refractivity contribution in [3.05, 3.63) is 296 Å². The molecule has 1 atom stereocenters. The predicted molar refractivity (Wildman–Crippen MR) is 453 cm³/mol. The molecule has 7 aromatic rings. The van der Waals surface area contributed by atoms with Gasteiger partial charge in [-0.15, -0.1) is 0 Å². The molecule has 0 N–H and O–H groups in total. The standard InChI is InChI=1S/C14H12O4S.C14H16O4S.C12H14O4S.3C11H12O4S.C5H8O4S.C4H6OS/c1-18-14(15)8-9-19(16,17)13-7-6-11-4-2-3-5-12(11)10-13;1-11(15)10-13-4-6-14(7-5-13)19(16,17)9-8-12(2)18-3;1-3-16-12(13)8-9-17(14,15)11-6-4-10(2)5-7-11;2*1-9-3-5-10(6-4-9)16(13,14)8-7-11(12)15-2;1-2-15-11(12)8-9-16(13,14)10-6-4-3-5-7-10;1-9-5(6)3-4-10(2,7)8;1-6(5)3-2-4-6/h2-10H,1H3;4-9H,2,10H2,1,3H3;4-9H,3H2,1-2H3;2*3-8H,1-2H3;3-9H,2H2,1H3;3-4H,1-2H3;2-3H,1,4H2/b3*9-8+;8-7+;8-7-;9-8+;4-3+;. The lowest BCUT2D eigenvalue weighted by Crippen LogP contribution is -2.06. The van der Waals surface area contributed by atoms with Gasteiger partial charge in [0.25, 0.3) is 0 Å². The van der Waals surface area contributed by atoms with E-state index in [1.54, 1.807) is 98.1 Å². The van der Waals surface area contributed by atoms with Gasteiger partial charge in [-0.3, -0.25) is 9.00 Å². The van der Waals surface area contributed by atoms with Gasteiger partial charge in [0.15, 0.2) is 68.9 Å². The van der Waals surface area contributed by atoms with Crippen molar-refractivity contribution < 1.29 is 130 Å². The lowest BCUT2D eigenvalue weighted by Gasteiger charge is -2.05. The molecule has 0 aromatic heterocycles. The number of sulfone groups is 7. The maximum Gasteiger partial charge on any atom is 0.331 e. The van der Waals surface area contributed by atoms with Crippen molar-refractivity contribution in [3.8, 4) is 0 Å². The van der Waals surface area contributed by atoms with Gasteiger partial charge in [0.05, 0.1) is 78.1 Å². The highest BCUT2D eigenvalue weighted by molar-refractivity contribution is 8.04. The number of allylic oxidation sites excluding steroid dienone is 1. The van der Waals surface area contributed by atoms with Crippen LogP contribution >= 0.6 is 0 Å². The third-order valence-electron chi connectivity index (χ3n) is 14.0. The van der Waals surface area contributed by atoms with Crippen molar-refractivity contribution in [2.45, 2.75) is 77.3 Å². The van der Waals surface area contributed by atoms with Crippen molar-refractivity contribution >= 4 is 137 Å². The Balaban J connectivity index is 0.000000689. The van der Waals surface area contributed by atoms with Gasteiger partial charge in [0.2, 0.25) is 0 Å². The first-order valence-corrected chi connectivity index (χ1v) is 47.3. The van der Waals surface area contributed by atoms with Crippen molar-refractivity contribution in [3.63, 3.8) is 0 Å². The number of methoxy groups -OCH3 is 5. The van der Waals surface area contributed by atoms with E-state index in [1.807, 2.05) is 51.1 Å².